The molecule has 0 aliphatic carbocycles. The second kappa shape index (κ2) is 10.2. The summed E-state index contributed by atoms with van der Waals surface area (Å²) in [5.41, 5.74) is 4.73. The summed E-state index contributed by atoms with van der Waals surface area (Å²) < 4.78 is 0. The third kappa shape index (κ3) is 4.51. The molecule has 0 saturated carbocycles. The molecule has 0 saturated heterocycles. The van der Waals surface area contributed by atoms with Crippen LogP contribution in [0.4, 0.5) is 0 Å². The molecule has 1 aliphatic heterocycles. The van der Waals surface area contributed by atoms with Gasteiger partial charge in [0.15, 0.2) is 11.9 Å². The molecule has 5 aromatic rings. The Kier molecular flexibility index (Phi) is 6.39. The molecule has 0 unspecified atom stereocenters. The maximum Gasteiger partial charge on any atom is 0.266 e. The van der Waals surface area contributed by atoms with E-state index in [4.69, 9.17) is 5.10 Å². The minimum atomic E-state index is -1.05. The number of aryl methyl sites for hydroxylation is 1. The van der Waals surface area contributed by atoms with E-state index in [-0.39, 0.29) is 24.1 Å². The van der Waals surface area contributed by atoms with E-state index < -0.39 is 18.0 Å². The lowest BCUT2D eigenvalue weighted by Crippen LogP contribution is -2.55. The van der Waals surface area contributed by atoms with Crippen molar-refractivity contribution in [3.05, 3.63) is 107 Å². The topological polar surface area (TPSA) is 122 Å². The number of carbonyl (C=O) groups excluding carboxylic acids is 3. The van der Waals surface area contributed by atoms with Crippen LogP contribution >= 0.6 is 0 Å². The van der Waals surface area contributed by atoms with Crippen LogP contribution in [0.2, 0.25) is 0 Å². The van der Waals surface area contributed by atoms with Gasteiger partial charge in [-0.15, -0.1) is 0 Å². The highest BCUT2D eigenvalue weighted by molar-refractivity contribution is 6.13. The quantitative estimate of drug-likeness (QED) is 0.264. The number of benzene rings is 3. The molecular weight excluding hydrogens is 504 g/mol. The molecule has 0 fully saturated rings. The minimum Gasteiger partial charge on any atom is -0.361 e. The van der Waals surface area contributed by atoms with Crippen LogP contribution in [-0.4, -0.2) is 44.6 Å². The Morgan fingerprint density at radius 1 is 0.950 bits per heavy atom. The number of nitrogens with one attached hydrogen (secondary N) is 4. The van der Waals surface area contributed by atoms with E-state index >= 15 is 0 Å². The van der Waals surface area contributed by atoms with Gasteiger partial charge in [0.2, 0.25) is 5.91 Å². The van der Waals surface area contributed by atoms with Gasteiger partial charge in [0.1, 0.15) is 6.04 Å². The molecule has 0 bridgehead atoms. The number of hydrazone groups is 1. The van der Waals surface area contributed by atoms with Gasteiger partial charge in [-0.2, -0.15) is 5.10 Å². The average molecular weight is 533 g/mol. The van der Waals surface area contributed by atoms with E-state index in [0.29, 0.717) is 11.1 Å². The highest BCUT2D eigenvalue weighted by atomic mass is 16.2. The molecule has 40 heavy (non-hydrogen) atoms. The molecule has 2 atom stereocenters. The Morgan fingerprint density at radius 2 is 1.62 bits per heavy atom. The van der Waals surface area contributed by atoms with Crippen molar-refractivity contribution < 1.29 is 14.4 Å². The highest BCUT2D eigenvalue weighted by Crippen LogP contribution is 2.34. The lowest BCUT2D eigenvalue weighted by molar-refractivity contribution is -0.144. The number of amidine groups is 1. The number of nitrogens with zero attached hydrogens (tertiary/aromatic N) is 2. The number of hydrogen-bond acceptors (Lipinski definition) is 4. The van der Waals surface area contributed by atoms with Crippen LogP contribution in [-0.2, 0) is 20.8 Å². The number of amides is 3. The summed E-state index contributed by atoms with van der Waals surface area (Å²) in [5, 5.41) is 13.4. The van der Waals surface area contributed by atoms with Gasteiger partial charge in [-0.25, -0.2) is 5.01 Å². The van der Waals surface area contributed by atoms with Crippen molar-refractivity contribution in [2.75, 3.05) is 0 Å². The van der Waals surface area contributed by atoms with Crippen molar-refractivity contribution in [3.8, 4) is 0 Å². The van der Waals surface area contributed by atoms with Gasteiger partial charge < -0.3 is 20.6 Å². The van der Waals surface area contributed by atoms with Gasteiger partial charge in [0.05, 0.1) is 0 Å². The van der Waals surface area contributed by atoms with Gasteiger partial charge >= 0.3 is 0 Å². The van der Waals surface area contributed by atoms with Crippen molar-refractivity contribution in [1.29, 1.82) is 0 Å². The van der Waals surface area contributed by atoms with Gasteiger partial charge in [-0.3, -0.25) is 14.4 Å². The van der Waals surface area contributed by atoms with Crippen LogP contribution in [0.1, 0.15) is 35.3 Å². The molecule has 3 heterocycles. The fourth-order valence-corrected chi connectivity index (χ4v) is 5.42. The predicted octanol–water partition coefficient (Wildman–Crippen LogP) is 4.07. The summed E-state index contributed by atoms with van der Waals surface area (Å²) in [7, 11) is 0. The summed E-state index contributed by atoms with van der Waals surface area (Å²) in [6.45, 7) is 3.25. The summed E-state index contributed by atoms with van der Waals surface area (Å²) in [6.07, 6.45) is 2.06. The molecule has 0 spiro atoms. The second-order valence-electron chi connectivity index (χ2n) is 9.92. The van der Waals surface area contributed by atoms with Crippen molar-refractivity contribution in [2.24, 2.45) is 5.10 Å². The monoisotopic (exact) mass is 532 g/mol. The first-order valence-corrected chi connectivity index (χ1v) is 13.1. The number of fused-ring (bicyclic) bond motifs is 2. The Labute approximate surface area is 230 Å². The van der Waals surface area contributed by atoms with Crippen molar-refractivity contribution >= 4 is 45.4 Å². The SMILES string of the molecule is CC(=O)N[C@@H](Cc1c[nH]c2ccccc12)C(=O)N1N=C(c2ccccc2)NC(=O)[C@H]1c1c(C)[nH]c2ccccc12. The van der Waals surface area contributed by atoms with Crippen LogP contribution in [0.15, 0.2) is 90.2 Å². The molecule has 3 aromatic carbocycles. The first-order valence-electron chi connectivity index (χ1n) is 13.1. The number of aromatic amines is 2. The molecule has 1 aliphatic rings. The fraction of sp³-hybridized carbons (Fsp3) is 0.161. The summed E-state index contributed by atoms with van der Waals surface area (Å²) in [4.78, 5) is 47.1. The predicted molar refractivity (Wildman–Crippen MR) is 153 cm³/mol. The third-order valence-electron chi connectivity index (χ3n) is 7.21. The van der Waals surface area contributed by atoms with Gasteiger partial charge in [-0.1, -0.05) is 66.7 Å². The van der Waals surface area contributed by atoms with E-state index in [9.17, 15) is 14.4 Å². The van der Waals surface area contributed by atoms with E-state index in [2.05, 4.69) is 20.6 Å². The first kappa shape index (κ1) is 25.1. The Bertz CT molecular complexity index is 1780. The van der Waals surface area contributed by atoms with E-state index in [1.165, 1.54) is 11.9 Å². The molecule has 9 nitrogen and oxygen atoms in total. The third-order valence-corrected chi connectivity index (χ3v) is 7.21. The molecule has 2 aromatic heterocycles. The highest BCUT2D eigenvalue weighted by Gasteiger charge is 2.41. The second-order valence-corrected chi connectivity index (χ2v) is 9.92. The van der Waals surface area contributed by atoms with Crippen molar-refractivity contribution in [3.63, 3.8) is 0 Å². The summed E-state index contributed by atoms with van der Waals surface area (Å²) in [6, 6.07) is 22.6. The number of aromatic nitrogens is 2. The maximum absolute atomic E-state index is 14.4. The number of H-pyrrole nitrogens is 2. The summed E-state index contributed by atoms with van der Waals surface area (Å²) >= 11 is 0. The number of para-hydroxylation sites is 2. The Morgan fingerprint density at radius 3 is 2.38 bits per heavy atom. The molecule has 0 radical (unpaired) electrons. The zero-order chi connectivity index (χ0) is 27.8. The van der Waals surface area contributed by atoms with Crippen LogP contribution in [0.25, 0.3) is 21.8 Å². The minimum absolute atomic E-state index is 0.219. The average Bonchev–Trinajstić information content (AvgIpc) is 3.52. The van der Waals surface area contributed by atoms with E-state index in [1.54, 1.807) is 0 Å². The molecular formula is C31H28N6O3. The van der Waals surface area contributed by atoms with E-state index in [1.807, 2.05) is 92.0 Å². The fourth-order valence-electron chi connectivity index (χ4n) is 5.42. The zero-order valence-corrected chi connectivity index (χ0v) is 22.1. The number of rotatable bonds is 6. The van der Waals surface area contributed by atoms with Crippen LogP contribution in [0.3, 0.4) is 0 Å². The number of hydrogen-bond donors (Lipinski definition) is 4. The summed E-state index contributed by atoms with van der Waals surface area (Å²) in [5.74, 6) is -0.963. The molecule has 4 N–H and O–H groups in total. The van der Waals surface area contributed by atoms with Crippen LogP contribution in [0, 0.1) is 6.92 Å². The van der Waals surface area contributed by atoms with Gasteiger partial charge in [0, 0.05) is 58.2 Å². The molecule has 3 amide bonds. The number of carbonyl (C=O) groups is 3. The Balaban J connectivity index is 1.47. The molecule has 9 heteroatoms. The Hall–Kier alpha value is -5.18. The van der Waals surface area contributed by atoms with Crippen LogP contribution < -0.4 is 10.6 Å². The smallest absolute Gasteiger partial charge is 0.266 e. The van der Waals surface area contributed by atoms with Crippen molar-refractivity contribution in [2.45, 2.75) is 32.4 Å². The van der Waals surface area contributed by atoms with Crippen molar-refractivity contribution in [1.82, 2.24) is 25.6 Å². The lowest BCUT2D eigenvalue weighted by atomic mass is 9.98. The van der Waals surface area contributed by atoms with Gasteiger partial charge in [-0.05, 0) is 24.6 Å². The lowest BCUT2D eigenvalue weighted by Gasteiger charge is -2.34. The van der Waals surface area contributed by atoms with E-state index in [0.717, 1.165) is 33.1 Å². The maximum atomic E-state index is 14.4. The van der Waals surface area contributed by atoms with Crippen LogP contribution in [0.5, 0.6) is 0 Å². The zero-order valence-electron chi connectivity index (χ0n) is 22.1. The standard InChI is InChI=1S/C31H28N6O3/c1-18-27(23-13-7-9-15-25(23)33-18)28-30(39)35-29(20-10-4-3-5-11-20)36-37(28)31(40)26(34-19(2)38)16-21-17-32-24-14-8-6-12-22(21)24/h3-15,17,26,28,32-33H,16H2,1-2H3,(H,34,38)(H,35,36,39)/t26-,28+/m0/s1. The largest absolute Gasteiger partial charge is 0.361 e. The molecule has 200 valence electrons. The normalized spacial score (nSPS) is 16.1. The molecule has 6 rings (SSSR count). The first-order chi connectivity index (χ1) is 19.4. The van der Waals surface area contributed by atoms with Gasteiger partial charge in [0.25, 0.3) is 11.8 Å².